The number of benzene rings is 1. The Morgan fingerprint density at radius 1 is 1.18 bits per heavy atom. The van der Waals surface area contributed by atoms with Crippen molar-refractivity contribution in [2.45, 2.75) is 6.10 Å². The zero-order chi connectivity index (χ0) is 11.8. The molecular formula is C14H9ClO2. The Bertz CT molecular complexity index is 582. The summed E-state index contributed by atoms with van der Waals surface area (Å²) < 4.78 is 5.80. The molecule has 1 heterocycles. The van der Waals surface area contributed by atoms with Crippen LogP contribution in [0.3, 0.4) is 0 Å². The average molecular weight is 245 g/mol. The number of allylic oxidation sites excluding steroid dienone is 3. The lowest BCUT2D eigenvalue weighted by molar-refractivity contribution is 0.104. The summed E-state index contributed by atoms with van der Waals surface area (Å²) in [7, 11) is 0. The van der Waals surface area contributed by atoms with Gasteiger partial charge in [0, 0.05) is 10.6 Å². The van der Waals surface area contributed by atoms with Crippen LogP contribution >= 0.6 is 11.6 Å². The summed E-state index contributed by atoms with van der Waals surface area (Å²) in [6.45, 7) is 0. The smallest absolute Gasteiger partial charge is 0.189 e. The van der Waals surface area contributed by atoms with Gasteiger partial charge in [-0.15, -0.1) is 0 Å². The predicted molar refractivity (Wildman–Crippen MR) is 66.3 cm³/mol. The normalized spacial score (nSPS) is 21.7. The van der Waals surface area contributed by atoms with Gasteiger partial charge in [0.05, 0.1) is 5.56 Å². The molecule has 0 fully saturated rings. The SMILES string of the molecule is O=C1C=C2C=C(Cl)C=CC2Oc2ccccc21. The summed E-state index contributed by atoms with van der Waals surface area (Å²) in [6.07, 6.45) is 6.74. The quantitative estimate of drug-likeness (QED) is 0.700. The molecule has 0 saturated carbocycles. The van der Waals surface area contributed by atoms with Crippen LogP contribution in [0.2, 0.25) is 0 Å². The molecule has 3 rings (SSSR count). The van der Waals surface area contributed by atoms with E-state index < -0.39 is 0 Å². The molecule has 3 heteroatoms. The summed E-state index contributed by atoms with van der Waals surface area (Å²) in [5.41, 5.74) is 1.38. The minimum absolute atomic E-state index is 0.0471. The zero-order valence-corrected chi connectivity index (χ0v) is 9.65. The first-order valence-electron chi connectivity index (χ1n) is 5.31. The fourth-order valence-electron chi connectivity index (χ4n) is 1.95. The van der Waals surface area contributed by atoms with Crippen LogP contribution in [0.4, 0.5) is 0 Å². The Kier molecular flexibility index (Phi) is 2.37. The third-order valence-electron chi connectivity index (χ3n) is 2.77. The number of rotatable bonds is 0. The Morgan fingerprint density at radius 3 is 2.88 bits per heavy atom. The molecule has 0 bridgehead atoms. The highest BCUT2D eigenvalue weighted by Crippen LogP contribution is 2.30. The monoisotopic (exact) mass is 244 g/mol. The van der Waals surface area contributed by atoms with E-state index in [4.69, 9.17) is 16.3 Å². The number of para-hydroxylation sites is 1. The Hall–Kier alpha value is -1.80. The first-order chi connectivity index (χ1) is 8.24. The topological polar surface area (TPSA) is 26.3 Å². The first-order valence-corrected chi connectivity index (χ1v) is 5.69. The zero-order valence-electron chi connectivity index (χ0n) is 8.89. The lowest BCUT2D eigenvalue weighted by Gasteiger charge is -2.18. The van der Waals surface area contributed by atoms with Gasteiger partial charge in [0.15, 0.2) is 5.78 Å². The molecule has 1 aliphatic carbocycles. The number of carbonyl (C=O) groups is 1. The molecule has 0 aromatic heterocycles. The van der Waals surface area contributed by atoms with Crippen molar-refractivity contribution >= 4 is 17.4 Å². The second kappa shape index (κ2) is 3.90. The van der Waals surface area contributed by atoms with Crippen molar-refractivity contribution < 1.29 is 9.53 Å². The molecule has 1 unspecified atom stereocenters. The van der Waals surface area contributed by atoms with Crippen LogP contribution in [0.15, 0.2) is 59.2 Å². The summed E-state index contributed by atoms with van der Waals surface area (Å²) in [5, 5.41) is 0.606. The van der Waals surface area contributed by atoms with Crippen LogP contribution < -0.4 is 4.74 Å². The van der Waals surface area contributed by atoms with Crippen molar-refractivity contribution in [3.63, 3.8) is 0 Å². The molecule has 1 aromatic carbocycles. The van der Waals surface area contributed by atoms with Crippen LogP contribution in [0.1, 0.15) is 10.4 Å². The van der Waals surface area contributed by atoms with Gasteiger partial charge in [-0.1, -0.05) is 23.7 Å². The Morgan fingerprint density at radius 2 is 2.00 bits per heavy atom. The van der Waals surface area contributed by atoms with Gasteiger partial charge in [-0.25, -0.2) is 0 Å². The van der Waals surface area contributed by atoms with Crippen LogP contribution in [0.5, 0.6) is 5.75 Å². The molecule has 84 valence electrons. The van der Waals surface area contributed by atoms with Crippen LogP contribution in [0, 0.1) is 0 Å². The number of ether oxygens (including phenoxy) is 1. The molecule has 0 amide bonds. The van der Waals surface area contributed by atoms with E-state index in [0.717, 1.165) is 5.57 Å². The minimum Gasteiger partial charge on any atom is -0.481 e. The fraction of sp³-hybridized carbons (Fsp3) is 0.0714. The lowest BCUT2D eigenvalue weighted by Crippen LogP contribution is -2.16. The van der Waals surface area contributed by atoms with Crippen LogP contribution in [0.25, 0.3) is 0 Å². The number of hydrogen-bond acceptors (Lipinski definition) is 2. The van der Waals surface area contributed by atoms with Gasteiger partial charge < -0.3 is 4.74 Å². The molecule has 1 aliphatic heterocycles. The van der Waals surface area contributed by atoms with Crippen molar-refractivity contribution in [2.24, 2.45) is 0 Å². The third kappa shape index (κ3) is 1.81. The highest BCUT2D eigenvalue weighted by atomic mass is 35.5. The Balaban J connectivity index is 2.12. The van der Waals surface area contributed by atoms with Gasteiger partial charge in [-0.05, 0) is 36.4 Å². The largest absolute Gasteiger partial charge is 0.481 e. The van der Waals surface area contributed by atoms with Gasteiger partial charge in [0.1, 0.15) is 11.9 Å². The van der Waals surface area contributed by atoms with E-state index in [1.165, 1.54) is 0 Å². The third-order valence-corrected chi connectivity index (χ3v) is 3.00. The molecule has 0 N–H and O–H groups in total. The van der Waals surface area contributed by atoms with Crippen molar-refractivity contribution in [2.75, 3.05) is 0 Å². The van der Waals surface area contributed by atoms with Gasteiger partial charge in [0.2, 0.25) is 0 Å². The molecule has 1 atom stereocenters. The van der Waals surface area contributed by atoms with Crippen molar-refractivity contribution in [1.82, 2.24) is 0 Å². The summed E-state index contributed by atoms with van der Waals surface area (Å²) >= 11 is 5.92. The summed E-state index contributed by atoms with van der Waals surface area (Å²) in [5.74, 6) is 0.568. The average Bonchev–Trinajstić information content (AvgIpc) is 2.46. The maximum absolute atomic E-state index is 12.0. The standard InChI is InChI=1S/C14H9ClO2/c15-10-5-6-13-9(7-10)8-12(16)11-3-1-2-4-14(11)17-13/h1-8,13H. The summed E-state index contributed by atoms with van der Waals surface area (Å²) in [4.78, 5) is 12.0. The van der Waals surface area contributed by atoms with E-state index >= 15 is 0 Å². The molecule has 2 aliphatic rings. The predicted octanol–water partition coefficient (Wildman–Crippen LogP) is 3.25. The highest BCUT2D eigenvalue weighted by Gasteiger charge is 2.23. The number of ketones is 1. The van der Waals surface area contributed by atoms with Gasteiger partial charge in [-0.2, -0.15) is 0 Å². The van der Waals surface area contributed by atoms with E-state index in [2.05, 4.69) is 0 Å². The van der Waals surface area contributed by atoms with Gasteiger partial charge in [-0.3, -0.25) is 4.79 Å². The molecule has 0 saturated heterocycles. The van der Waals surface area contributed by atoms with Crippen molar-refractivity contribution in [1.29, 1.82) is 0 Å². The van der Waals surface area contributed by atoms with E-state index in [1.807, 2.05) is 18.2 Å². The molecule has 1 aromatic rings. The maximum Gasteiger partial charge on any atom is 0.189 e. The second-order valence-electron chi connectivity index (χ2n) is 3.93. The number of fused-ring (bicyclic) bond motifs is 2. The molecule has 17 heavy (non-hydrogen) atoms. The molecule has 0 spiro atoms. The number of carbonyl (C=O) groups excluding carboxylic acids is 1. The first kappa shape index (κ1) is 10.4. The Labute approximate surface area is 104 Å². The van der Waals surface area contributed by atoms with E-state index in [9.17, 15) is 4.79 Å². The lowest BCUT2D eigenvalue weighted by atomic mass is 10.0. The second-order valence-corrected chi connectivity index (χ2v) is 4.37. The summed E-state index contributed by atoms with van der Waals surface area (Å²) in [6, 6.07) is 7.25. The molecular weight excluding hydrogens is 236 g/mol. The van der Waals surface area contributed by atoms with E-state index in [1.54, 1.807) is 30.4 Å². The fourth-order valence-corrected chi connectivity index (χ4v) is 2.15. The maximum atomic E-state index is 12.0. The molecule has 0 radical (unpaired) electrons. The van der Waals surface area contributed by atoms with E-state index in [0.29, 0.717) is 16.3 Å². The highest BCUT2D eigenvalue weighted by molar-refractivity contribution is 6.31. The number of halogens is 1. The molecule has 2 nitrogen and oxygen atoms in total. The van der Waals surface area contributed by atoms with Crippen LogP contribution in [-0.2, 0) is 0 Å². The van der Waals surface area contributed by atoms with Crippen molar-refractivity contribution in [3.05, 3.63) is 64.7 Å². The van der Waals surface area contributed by atoms with Gasteiger partial charge >= 0.3 is 0 Å². The van der Waals surface area contributed by atoms with Gasteiger partial charge in [0.25, 0.3) is 0 Å². The number of hydrogen-bond donors (Lipinski definition) is 0. The van der Waals surface area contributed by atoms with Crippen LogP contribution in [-0.4, -0.2) is 11.9 Å². The van der Waals surface area contributed by atoms with Crippen molar-refractivity contribution in [3.8, 4) is 5.75 Å². The minimum atomic E-state index is -0.231. The van der Waals surface area contributed by atoms with E-state index in [-0.39, 0.29) is 11.9 Å².